The van der Waals surface area contributed by atoms with Crippen molar-refractivity contribution in [2.24, 2.45) is 0 Å². The molecular weight excluding hydrogens is 352 g/mol. The molecule has 0 aliphatic heterocycles. The third-order valence-electron chi connectivity index (χ3n) is 4.62. The first-order chi connectivity index (χ1) is 13.5. The third kappa shape index (κ3) is 3.27. The molecule has 0 spiro atoms. The predicted octanol–water partition coefficient (Wildman–Crippen LogP) is 4.01. The number of hydrogen-bond acceptors (Lipinski definition) is 4. The summed E-state index contributed by atoms with van der Waals surface area (Å²) in [6.45, 7) is 4.15. The first-order valence-corrected chi connectivity index (χ1v) is 9.21. The van der Waals surface area contributed by atoms with Crippen molar-refractivity contribution in [2.45, 2.75) is 26.5 Å². The van der Waals surface area contributed by atoms with Crippen LogP contribution in [0.1, 0.15) is 45.7 Å². The van der Waals surface area contributed by atoms with Crippen molar-refractivity contribution in [1.82, 2.24) is 10.3 Å². The molecule has 1 aliphatic carbocycles. The number of pyridine rings is 1. The van der Waals surface area contributed by atoms with Crippen molar-refractivity contribution < 1.29 is 14.3 Å². The van der Waals surface area contributed by atoms with Gasteiger partial charge in [0.1, 0.15) is 0 Å². The molecule has 1 aromatic heterocycles. The Labute approximate surface area is 163 Å². The van der Waals surface area contributed by atoms with E-state index in [1.807, 2.05) is 50.2 Å². The van der Waals surface area contributed by atoms with Crippen LogP contribution in [0.5, 0.6) is 5.88 Å². The van der Waals surface area contributed by atoms with Crippen molar-refractivity contribution in [3.8, 4) is 17.0 Å². The summed E-state index contributed by atoms with van der Waals surface area (Å²) in [5, 5.41) is 2.89. The highest BCUT2D eigenvalue weighted by Gasteiger charge is 2.27. The number of nitrogens with one attached hydrogen (secondary N) is 1. The van der Waals surface area contributed by atoms with Crippen LogP contribution in [0, 0.1) is 0 Å². The molecule has 0 bridgehead atoms. The predicted molar refractivity (Wildman–Crippen MR) is 106 cm³/mol. The van der Waals surface area contributed by atoms with E-state index in [0.29, 0.717) is 29.1 Å². The van der Waals surface area contributed by atoms with Gasteiger partial charge in [-0.3, -0.25) is 9.59 Å². The van der Waals surface area contributed by atoms with Gasteiger partial charge in [-0.25, -0.2) is 4.98 Å². The lowest BCUT2D eigenvalue weighted by molar-refractivity contribution is 0.0950. The fraction of sp³-hybridized carbons (Fsp3) is 0.174. The Hall–Kier alpha value is -3.47. The van der Waals surface area contributed by atoms with Crippen LogP contribution in [0.4, 0.5) is 0 Å². The zero-order chi connectivity index (χ0) is 19.7. The van der Waals surface area contributed by atoms with Gasteiger partial charge in [0, 0.05) is 35.0 Å². The number of ether oxygens (including phenoxy) is 1. The van der Waals surface area contributed by atoms with Crippen molar-refractivity contribution in [3.63, 3.8) is 0 Å². The fourth-order valence-electron chi connectivity index (χ4n) is 3.33. The number of hydrogen-bond donors (Lipinski definition) is 1. The largest absolute Gasteiger partial charge is 0.475 e. The highest BCUT2D eigenvalue weighted by Crippen LogP contribution is 2.36. The van der Waals surface area contributed by atoms with E-state index in [4.69, 9.17) is 4.74 Å². The van der Waals surface area contributed by atoms with E-state index in [2.05, 4.69) is 10.3 Å². The van der Waals surface area contributed by atoms with E-state index in [9.17, 15) is 9.59 Å². The standard InChI is InChI=1S/C23H20N2O3/c1-14(2)28-23-16(6-5-11-24-23)13-25-22(27)15-9-10-18-17-7-3-4-8-19(17)21(26)20(18)12-15/h3-12,14H,13H2,1-2H3,(H,25,27). The highest BCUT2D eigenvalue weighted by atomic mass is 16.5. The second-order valence-electron chi connectivity index (χ2n) is 6.95. The first kappa shape index (κ1) is 17.9. The van der Waals surface area contributed by atoms with Gasteiger partial charge in [0.25, 0.3) is 5.91 Å². The summed E-state index contributed by atoms with van der Waals surface area (Å²) in [6.07, 6.45) is 1.65. The molecule has 5 nitrogen and oxygen atoms in total. The number of amides is 1. The van der Waals surface area contributed by atoms with Gasteiger partial charge in [-0.1, -0.05) is 36.4 Å². The Balaban J connectivity index is 1.53. The molecule has 0 unspecified atom stereocenters. The van der Waals surface area contributed by atoms with Crippen LogP contribution in [-0.4, -0.2) is 22.8 Å². The van der Waals surface area contributed by atoms with E-state index in [0.717, 1.165) is 16.7 Å². The lowest BCUT2D eigenvalue weighted by atomic mass is 10.0. The molecular formula is C23H20N2O3. The molecule has 140 valence electrons. The van der Waals surface area contributed by atoms with Crippen LogP contribution in [0.3, 0.4) is 0 Å². The SMILES string of the molecule is CC(C)Oc1ncccc1CNC(=O)c1ccc2c(c1)C(=O)c1ccccc1-2. The minimum atomic E-state index is -0.245. The number of carbonyl (C=O) groups excluding carboxylic acids is 2. The number of nitrogens with zero attached hydrogens (tertiary/aromatic N) is 1. The number of carbonyl (C=O) groups is 2. The van der Waals surface area contributed by atoms with Gasteiger partial charge in [0.2, 0.25) is 5.88 Å². The monoisotopic (exact) mass is 372 g/mol. The summed E-state index contributed by atoms with van der Waals surface area (Å²) >= 11 is 0. The summed E-state index contributed by atoms with van der Waals surface area (Å²) < 4.78 is 5.69. The molecule has 3 aromatic rings. The van der Waals surface area contributed by atoms with E-state index >= 15 is 0 Å². The summed E-state index contributed by atoms with van der Waals surface area (Å²) in [7, 11) is 0. The van der Waals surface area contributed by atoms with Crippen molar-refractivity contribution in [3.05, 3.63) is 83.0 Å². The average molecular weight is 372 g/mol. The summed E-state index contributed by atoms with van der Waals surface area (Å²) in [5.41, 5.74) is 4.29. The molecule has 1 amide bonds. The van der Waals surface area contributed by atoms with Gasteiger partial charge < -0.3 is 10.1 Å². The summed E-state index contributed by atoms with van der Waals surface area (Å²) in [6, 6.07) is 16.4. The third-order valence-corrected chi connectivity index (χ3v) is 4.62. The van der Waals surface area contributed by atoms with Gasteiger partial charge in [-0.05, 0) is 43.2 Å². The van der Waals surface area contributed by atoms with Crippen LogP contribution < -0.4 is 10.1 Å². The Morgan fingerprint density at radius 1 is 1.00 bits per heavy atom. The van der Waals surface area contributed by atoms with E-state index in [-0.39, 0.29) is 17.8 Å². The molecule has 0 radical (unpaired) electrons. The van der Waals surface area contributed by atoms with E-state index < -0.39 is 0 Å². The molecule has 1 heterocycles. The van der Waals surface area contributed by atoms with Crippen molar-refractivity contribution in [2.75, 3.05) is 0 Å². The second-order valence-corrected chi connectivity index (χ2v) is 6.95. The molecule has 0 atom stereocenters. The summed E-state index contributed by atoms with van der Waals surface area (Å²) in [4.78, 5) is 29.5. The van der Waals surface area contributed by atoms with E-state index in [1.54, 1.807) is 24.4 Å². The smallest absolute Gasteiger partial charge is 0.251 e. The first-order valence-electron chi connectivity index (χ1n) is 9.21. The van der Waals surface area contributed by atoms with Gasteiger partial charge in [0.05, 0.1) is 6.10 Å². The maximum absolute atomic E-state index is 12.6. The zero-order valence-electron chi connectivity index (χ0n) is 15.7. The maximum Gasteiger partial charge on any atom is 0.251 e. The van der Waals surface area contributed by atoms with Crippen LogP contribution in [0.15, 0.2) is 60.8 Å². The lowest BCUT2D eigenvalue weighted by Crippen LogP contribution is -2.24. The zero-order valence-corrected chi connectivity index (χ0v) is 15.7. The summed E-state index contributed by atoms with van der Waals surface area (Å²) in [5.74, 6) is 0.225. The number of aromatic nitrogens is 1. The number of benzene rings is 2. The molecule has 28 heavy (non-hydrogen) atoms. The van der Waals surface area contributed by atoms with Crippen LogP contribution in [-0.2, 0) is 6.54 Å². The molecule has 0 saturated heterocycles. The molecule has 5 heteroatoms. The minimum absolute atomic E-state index is 0.00583. The molecule has 4 rings (SSSR count). The molecule has 2 aromatic carbocycles. The second kappa shape index (κ2) is 7.27. The maximum atomic E-state index is 12.6. The molecule has 1 N–H and O–H groups in total. The molecule has 1 aliphatic rings. The highest BCUT2D eigenvalue weighted by molar-refractivity contribution is 6.22. The fourth-order valence-corrected chi connectivity index (χ4v) is 3.33. The van der Waals surface area contributed by atoms with Gasteiger partial charge >= 0.3 is 0 Å². The normalized spacial score (nSPS) is 11.9. The number of fused-ring (bicyclic) bond motifs is 3. The van der Waals surface area contributed by atoms with Gasteiger partial charge in [-0.15, -0.1) is 0 Å². The number of ketones is 1. The van der Waals surface area contributed by atoms with Gasteiger partial charge in [0.15, 0.2) is 5.78 Å². The van der Waals surface area contributed by atoms with Crippen molar-refractivity contribution >= 4 is 11.7 Å². The van der Waals surface area contributed by atoms with Crippen LogP contribution in [0.2, 0.25) is 0 Å². The molecule has 0 fully saturated rings. The van der Waals surface area contributed by atoms with E-state index in [1.165, 1.54) is 0 Å². The van der Waals surface area contributed by atoms with Crippen molar-refractivity contribution in [1.29, 1.82) is 0 Å². The molecule has 0 saturated carbocycles. The number of rotatable bonds is 5. The lowest BCUT2D eigenvalue weighted by Gasteiger charge is -2.13. The topological polar surface area (TPSA) is 68.3 Å². The van der Waals surface area contributed by atoms with Gasteiger partial charge in [-0.2, -0.15) is 0 Å². The Kier molecular flexibility index (Phi) is 4.65. The average Bonchev–Trinajstić information content (AvgIpc) is 2.99. The Morgan fingerprint density at radius 2 is 1.75 bits per heavy atom. The van der Waals surface area contributed by atoms with Crippen LogP contribution >= 0.6 is 0 Å². The Bertz CT molecular complexity index is 1070. The van der Waals surface area contributed by atoms with Crippen LogP contribution in [0.25, 0.3) is 11.1 Å². The minimum Gasteiger partial charge on any atom is -0.475 e. The Morgan fingerprint density at radius 3 is 2.54 bits per heavy atom. The quantitative estimate of drug-likeness (QED) is 0.575.